The number of benzene rings is 2. The number of hydrogen-bond donors (Lipinski definition) is 0. The highest BCUT2D eigenvalue weighted by atomic mass is 32.2. The average molecular weight is 424 g/mol. The summed E-state index contributed by atoms with van der Waals surface area (Å²) in [5.41, 5.74) is 4.56. The van der Waals surface area contributed by atoms with E-state index in [1.54, 1.807) is 6.20 Å². The summed E-state index contributed by atoms with van der Waals surface area (Å²) in [5, 5.41) is 0.816. The van der Waals surface area contributed by atoms with Crippen molar-refractivity contribution in [3.8, 4) is 17.2 Å². The maximum Gasteiger partial charge on any atom is 0.233 e. The SMILES string of the molecule is CCN(Cc1ccc2c(c1)OCO2)C(=O)CSc1nccn1-c1cccc(C)c1C. The van der Waals surface area contributed by atoms with Gasteiger partial charge in [0.25, 0.3) is 0 Å². The van der Waals surface area contributed by atoms with Gasteiger partial charge in [0.05, 0.1) is 11.4 Å². The maximum absolute atomic E-state index is 12.9. The molecule has 1 aliphatic rings. The number of fused-ring (bicyclic) bond motifs is 1. The lowest BCUT2D eigenvalue weighted by atomic mass is 10.1. The van der Waals surface area contributed by atoms with Crippen LogP contribution in [0.1, 0.15) is 23.6 Å². The molecule has 0 bridgehead atoms. The smallest absolute Gasteiger partial charge is 0.233 e. The molecule has 1 amide bonds. The van der Waals surface area contributed by atoms with Crippen LogP contribution in [0.25, 0.3) is 5.69 Å². The number of carbonyl (C=O) groups is 1. The van der Waals surface area contributed by atoms with E-state index in [2.05, 4.69) is 35.5 Å². The van der Waals surface area contributed by atoms with Crippen molar-refractivity contribution in [2.75, 3.05) is 19.1 Å². The van der Waals surface area contributed by atoms with E-state index < -0.39 is 0 Å². The van der Waals surface area contributed by atoms with Crippen LogP contribution in [-0.2, 0) is 11.3 Å². The normalized spacial score (nSPS) is 12.2. The second-order valence-corrected chi connectivity index (χ2v) is 8.13. The van der Waals surface area contributed by atoms with Crippen molar-refractivity contribution in [1.82, 2.24) is 14.5 Å². The van der Waals surface area contributed by atoms with Crippen LogP contribution in [0.15, 0.2) is 53.9 Å². The van der Waals surface area contributed by atoms with Gasteiger partial charge in [0, 0.05) is 25.5 Å². The molecule has 4 rings (SSSR count). The Bertz CT molecular complexity index is 1060. The standard InChI is InChI=1S/C23H25N3O3S/c1-4-25(13-18-8-9-20-21(12-18)29-15-28-20)22(27)14-30-23-24-10-11-26(23)19-7-5-6-16(2)17(19)3/h5-12H,4,13-15H2,1-3H3. The largest absolute Gasteiger partial charge is 0.454 e. The maximum atomic E-state index is 12.9. The zero-order valence-corrected chi connectivity index (χ0v) is 18.2. The molecule has 3 aromatic rings. The number of nitrogens with zero attached hydrogens (tertiary/aromatic N) is 3. The molecule has 6 nitrogen and oxygen atoms in total. The van der Waals surface area contributed by atoms with Crippen molar-refractivity contribution < 1.29 is 14.3 Å². The number of thioether (sulfide) groups is 1. The molecule has 0 saturated carbocycles. The molecule has 0 saturated heterocycles. The molecule has 0 atom stereocenters. The summed E-state index contributed by atoms with van der Waals surface area (Å²) in [6.45, 7) is 7.62. The molecule has 0 fully saturated rings. The number of imidazole rings is 1. The molecular weight excluding hydrogens is 398 g/mol. The number of rotatable bonds is 7. The van der Waals surface area contributed by atoms with E-state index in [1.165, 1.54) is 22.9 Å². The number of aryl methyl sites for hydroxylation is 1. The van der Waals surface area contributed by atoms with Crippen molar-refractivity contribution in [2.24, 2.45) is 0 Å². The third kappa shape index (κ3) is 4.16. The lowest BCUT2D eigenvalue weighted by Crippen LogP contribution is -2.31. The molecule has 1 aliphatic heterocycles. The second-order valence-electron chi connectivity index (χ2n) is 7.18. The van der Waals surface area contributed by atoms with E-state index in [9.17, 15) is 4.79 Å². The van der Waals surface area contributed by atoms with Gasteiger partial charge in [-0.1, -0.05) is 30.0 Å². The van der Waals surface area contributed by atoms with Gasteiger partial charge in [-0.3, -0.25) is 9.36 Å². The van der Waals surface area contributed by atoms with Gasteiger partial charge in [0.2, 0.25) is 12.7 Å². The minimum atomic E-state index is 0.0793. The fraction of sp³-hybridized carbons (Fsp3) is 0.304. The van der Waals surface area contributed by atoms with E-state index in [1.807, 2.05) is 42.3 Å². The first-order valence-electron chi connectivity index (χ1n) is 9.96. The van der Waals surface area contributed by atoms with Crippen LogP contribution >= 0.6 is 11.8 Å². The van der Waals surface area contributed by atoms with Crippen molar-refractivity contribution in [1.29, 1.82) is 0 Å². The van der Waals surface area contributed by atoms with Gasteiger partial charge in [0.1, 0.15) is 0 Å². The van der Waals surface area contributed by atoms with Gasteiger partial charge in [-0.25, -0.2) is 4.98 Å². The van der Waals surface area contributed by atoms with Crippen LogP contribution in [0.3, 0.4) is 0 Å². The molecule has 2 aromatic carbocycles. The van der Waals surface area contributed by atoms with Gasteiger partial charge in [-0.2, -0.15) is 0 Å². The minimum absolute atomic E-state index is 0.0793. The topological polar surface area (TPSA) is 56.6 Å². The molecule has 0 aliphatic carbocycles. The van der Waals surface area contributed by atoms with Crippen molar-refractivity contribution in [3.63, 3.8) is 0 Å². The van der Waals surface area contributed by atoms with Gasteiger partial charge in [-0.05, 0) is 55.7 Å². The number of amides is 1. The first kappa shape index (κ1) is 20.3. The van der Waals surface area contributed by atoms with E-state index in [4.69, 9.17) is 9.47 Å². The Kier molecular flexibility index (Phi) is 5.99. The number of carbonyl (C=O) groups excluding carboxylic acids is 1. The summed E-state index contributed by atoms with van der Waals surface area (Å²) >= 11 is 1.46. The summed E-state index contributed by atoms with van der Waals surface area (Å²) in [7, 11) is 0. The fourth-order valence-corrected chi connectivity index (χ4v) is 4.30. The lowest BCUT2D eigenvalue weighted by molar-refractivity contribution is -0.128. The van der Waals surface area contributed by atoms with Crippen LogP contribution in [0.2, 0.25) is 0 Å². The van der Waals surface area contributed by atoms with Crippen molar-refractivity contribution >= 4 is 17.7 Å². The molecule has 0 radical (unpaired) electrons. The summed E-state index contributed by atoms with van der Waals surface area (Å²) in [4.78, 5) is 19.2. The van der Waals surface area contributed by atoms with Gasteiger partial charge < -0.3 is 14.4 Å². The molecule has 30 heavy (non-hydrogen) atoms. The average Bonchev–Trinajstić information content (AvgIpc) is 3.41. The highest BCUT2D eigenvalue weighted by Crippen LogP contribution is 2.33. The van der Waals surface area contributed by atoms with Crippen LogP contribution in [0, 0.1) is 13.8 Å². The van der Waals surface area contributed by atoms with E-state index >= 15 is 0 Å². The first-order chi connectivity index (χ1) is 14.6. The third-order valence-corrected chi connectivity index (χ3v) is 6.26. The Hall–Kier alpha value is -2.93. The molecule has 0 unspecified atom stereocenters. The van der Waals surface area contributed by atoms with Gasteiger partial charge in [-0.15, -0.1) is 0 Å². The van der Waals surface area contributed by atoms with Crippen molar-refractivity contribution in [3.05, 3.63) is 65.5 Å². The third-order valence-electron chi connectivity index (χ3n) is 5.31. The minimum Gasteiger partial charge on any atom is -0.454 e. The zero-order valence-electron chi connectivity index (χ0n) is 17.4. The molecule has 156 valence electrons. The predicted molar refractivity (Wildman–Crippen MR) is 117 cm³/mol. The summed E-state index contributed by atoms with van der Waals surface area (Å²) < 4.78 is 12.9. The first-order valence-corrected chi connectivity index (χ1v) is 10.9. The van der Waals surface area contributed by atoms with E-state index in [-0.39, 0.29) is 12.7 Å². The Morgan fingerprint density at radius 3 is 2.87 bits per heavy atom. The van der Waals surface area contributed by atoms with Gasteiger partial charge >= 0.3 is 0 Å². The van der Waals surface area contributed by atoms with E-state index in [0.29, 0.717) is 18.8 Å². The molecule has 1 aromatic heterocycles. The fourth-order valence-electron chi connectivity index (χ4n) is 3.43. The lowest BCUT2D eigenvalue weighted by Gasteiger charge is -2.21. The van der Waals surface area contributed by atoms with E-state index in [0.717, 1.165) is 27.9 Å². The number of aromatic nitrogens is 2. The van der Waals surface area contributed by atoms with Crippen LogP contribution < -0.4 is 9.47 Å². The van der Waals surface area contributed by atoms with Crippen LogP contribution in [-0.4, -0.2) is 39.4 Å². The Balaban J connectivity index is 1.43. The highest BCUT2D eigenvalue weighted by Gasteiger charge is 2.18. The monoisotopic (exact) mass is 423 g/mol. The van der Waals surface area contributed by atoms with Crippen molar-refractivity contribution in [2.45, 2.75) is 32.5 Å². The Morgan fingerprint density at radius 2 is 2.03 bits per heavy atom. The van der Waals surface area contributed by atoms with Crippen LogP contribution in [0.5, 0.6) is 11.5 Å². The van der Waals surface area contributed by atoms with Gasteiger partial charge in [0.15, 0.2) is 16.7 Å². The molecular formula is C23H25N3O3S. The quantitative estimate of drug-likeness (QED) is 0.529. The Morgan fingerprint density at radius 1 is 1.20 bits per heavy atom. The second kappa shape index (κ2) is 8.83. The van der Waals surface area contributed by atoms with Crippen LogP contribution in [0.4, 0.5) is 0 Å². The summed E-state index contributed by atoms with van der Waals surface area (Å²) in [6, 6.07) is 12.0. The summed E-state index contributed by atoms with van der Waals surface area (Å²) in [5.74, 6) is 1.90. The zero-order chi connectivity index (χ0) is 21.1. The highest BCUT2D eigenvalue weighted by molar-refractivity contribution is 7.99. The molecule has 0 N–H and O–H groups in total. The predicted octanol–water partition coefficient (Wildman–Crippen LogP) is 4.36. The molecule has 2 heterocycles. The Labute approximate surface area is 180 Å². The molecule has 7 heteroatoms. The number of ether oxygens (including phenoxy) is 2. The summed E-state index contributed by atoms with van der Waals surface area (Å²) in [6.07, 6.45) is 3.72. The number of hydrogen-bond acceptors (Lipinski definition) is 5. The molecule has 0 spiro atoms.